The van der Waals surface area contributed by atoms with Gasteiger partial charge in [0, 0.05) is 6.04 Å². The van der Waals surface area contributed by atoms with E-state index in [0.717, 1.165) is 24.8 Å². The van der Waals surface area contributed by atoms with E-state index in [0.29, 0.717) is 12.5 Å². The van der Waals surface area contributed by atoms with E-state index in [1.165, 1.54) is 23.1 Å². The van der Waals surface area contributed by atoms with Crippen LogP contribution in [0.25, 0.3) is 5.57 Å². The van der Waals surface area contributed by atoms with E-state index >= 15 is 0 Å². The number of amides is 1. The fraction of sp³-hybridized carbons (Fsp3) is 0.400. The van der Waals surface area contributed by atoms with E-state index in [9.17, 15) is 4.79 Å². The van der Waals surface area contributed by atoms with Gasteiger partial charge in [0.2, 0.25) is 0 Å². The van der Waals surface area contributed by atoms with E-state index in [1.54, 1.807) is 0 Å². The predicted molar refractivity (Wildman–Crippen MR) is 113 cm³/mol. The zero-order valence-corrected chi connectivity index (χ0v) is 16.8. The van der Waals surface area contributed by atoms with Crippen LogP contribution >= 0.6 is 0 Å². The molecule has 0 spiro atoms. The molecule has 2 aromatic rings. The number of nitrogens with zero attached hydrogens (tertiary/aromatic N) is 1. The molecule has 2 bridgehead atoms. The van der Waals surface area contributed by atoms with E-state index in [4.69, 9.17) is 4.74 Å². The first-order valence-electron chi connectivity index (χ1n) is 10.4. The highest BCUT2D eigenvalue weighted by atomic mass is 16.6. The number of hydrogen-bond donors (Lipinski definition) is 0. The molecule has 2 atom stereocenters. The van der Waals surface area contributed by atoms with Crippen molar-refractivity contribution in [1.29, 1.82) is 0 Å². The number of carbonyl (C=O) groups is 1. The summed E-state index contributed by atoms with van der Waals surface area (Å²) < 4.78 is 5.64. The third-order valence-electron chi connectivity index (χ3n) is 6.00. The highest BCUT2D eigenvalue weighted by Gasteiger charge is 2.38. The Morgan fingerprint density at radius 3 is 2.50 bits per heavy atom. The lowest BCUT2D eigenvalue weighted by Crippen LogP contribution is -2.51. The molecule has 3 nitrogen and oxygen atoms in total. The van der Waals surface area contributed by atoms with Crippen LogP contribution in [0.1, 0.15) is 62.1 Å². The van der Waals surface area contributed by atoms with Crippen molar-refractivity contribution in [2.24, 2.45) is 0 Å². The fourth-order valence-corrected chi connectivity index (χ4v) is 4.40. The maximum Gasteiger partial charge on any atom is 0.410 e. The van der Waals surface area contributed by atoms with Crippen molar-refractivity contribution in [3.8, 4) is 0 Å². The number of rotatable bonds is 4. The van der Waals surface area contributed by atoms with E-state index in [-0.39, 0.29) is 18.2 Å². The van der Waals surface area contributed by atoms with Crippen LogP contribution in [0, 0.1) is 0 Å². The van der Waals surface area contributed by atoms with Gasteiger partial charge in [0.15, 0.2) is 0 Å². The van der Waals surface area contributed by atoms with Crippen LogP contribution in [0.15, 0.2) is 60.7 Å². The highest BCUT2D eigenvalue weighted by molar-refractivity contribution is 5.74. The summed E-state index contributed by atoms with van der Waals surface area (Å²) in [6.07, 6.45) is 6.28. The average Bonchev–Trinajstić information content (AvgIpc) is 2.72. The largest absolute Gasteiger partial charge is 0.445 e. The molecule has 2 aliphatic heterocycles. The van der Waals surface area contributed by atoms with Crippen LogP contribution < -0.4 is 0 Å². The maximum absolute atomic E-state index is 12.8. The first-order chi connectivity index (χ1) is 13.6. The second-order valence-corrected chi connectivity index (χ2v) is 8.27. The Bertz CT molecular complexity index is 839. The van der Waals surface area contributed by atoms with E-state index < -0.39 is 0 Å². The van der Waals surface area contributed by atoms with Crippen molar-refractivity contribution in [3.63, 3.8) is 0 Å². The van der Waals surface area contributed by atoms with Crippen molar-refractivity contribution in [1.82, 2.24) is 4.90 Å². The molecule has 2 aromatic carbocycles. The SMILES string of the molecule is CC(C)c1ccc(C2=CC3CCCC(C2)N3C(=O)OCc2ccccc2)cc1. The molecule has 3 heteroatoms. The molecule has 146 valence electrons. The topological polar surface area (TPSA) is 29.5 Å². The minimum atomic E-state index is -0.177. The summed E-state index contributed by atoms with van der Waals surface area (Å²) in [4.78, 5) is 14.8. The van der Waals surface area contributed by atoms with Gasteiger partial charge in [-0.25, -0.2) is 4.79 Å². The molecular weight excluding hydrogens is 346 g/mol. The van der Waals surface area contributed by atoms with Gasteiger partial charge in [0.1, 0.15) is 6.61 Å². The van der Waals surface area contributed by atoms with E-state index in [1.807, 2.05) is 35.2 Å². The number of benzene rings is 2. The molecule has 0 radical (unpaired) electrons. The minimum Gasteiger partial charge on any atom is -0.445 e. The molecule has 1 amide bonds. The highest BCUT2D eigenvalue weighted by Crippen LogP contribution is 2.37. The van der Waals surface area contributed by atoms with Crippen LogP contribution in [0.2, 0.25) is 0 Å². The first-order valence-corrected chi connectivity index (χ1v) is 10.4. The molecule has 28 heavy (non-hydrogen) atoms. The van der Waals surface area contributed by atoms with Crippen molar-refractivity contribution in [3.05, 3.63) is 77.4 Å². The Kier molecular flexibility index (Phi) is 5.52. The third-order valence-corrected chi connectivity index (χ3v) is 6.00. The molecule has 0 aromatic heterocycles. The molecule has 1 fully saturated rings. The lowest BCUT2D eigenvalue weighted by molar-refractivity contribution is 0.0510. The van der Waals surface area contributed by atoms with Gasteiger partial charge in [0.25, 0.3) is 0 Å². The summed E-state index contributed by atoms with van der Waals surface area (Å²) in [6.45, 7) is 4.78. The number of piperidine rings is 1. The normalized spacial score (nSPS) is 21.4. The average molecular weight is 376 g/mol. The van der Waals surface area contributed by atoms with Gasteiger partial charge in [-0.05, 0) is 53.9 Å². The van der Waals surface area contributed by atoms with Crippen molar-refractivity contribution in [2.75, 3.05) is 0 Å². The van der Waals surface area contributed by atoms with Crippen molar-refractivity contribution < 1.29 is 9.53 Å². The summed E-state index contributed by atoms with van der Waals surface area (Å²) in [7, 11) is 0. The van der Waals surface area contributed by atoms with Crippen LogP contribution in [0.3, 0.4) is 0 Å². The molecule has 4 rings (SSSR count). The summed E-state index contributed by atoms with van der Waals surface area (Å²) in [6, 6.07) is 19.2. The second-order valence-electron chi connectivity index (χ2n) is 8.27. The zero-order valence-electron chi connectivity index (χ0n) is 16.8. The number of carbonyl (C=O) groups excluding carboxylic acids is 1. The maximum atomic E-state index is 12.8. The standard InChI is InChI=1S/C25H29NO2/c1-18(2)20-11-13-21(14-12-20)22-15-23-9-6-10-24(16-22)26(23)25(27)28-17-19-7-4-3-5-8-19/h3-5,7-8,11-15,18,23-24H,6,9-10,16-17H2,1-2H3. The van der Waals surface area contributed by atoms with Gasteiger partial charge in [-0.1, -0.05) is 74.5 Å². The summed E-state index contributed by atoms with van der Waals surface area (Å²) in [5, 5.41) is 0. The molecule has 0 aliphatic carbocycles. The third kappa shape index (κ3) is 3.99. The van der Waals surface area contributed by atoms with Crippen LogP contribution in [-0.2, 0) is 11.3 Å². The van der Waals surface area contributed by atoms with Crippen molar-refractivity contribution in [2.45, 2.75) is 64.1 Å². The molecule has 2 heterocycles. The minimum absolute atomic E-state index is 0.149. The molecule has 0 saturated carbocycles. The van der Waals surface area contributed by atoms with Crippen LogP contribution in [0.4, 0.5) is 4.79 Å². The Morgan fingerprint density at radius 2 is 1.82 bits per heavy atom. The molecular formula is C25H29NO2. The predicted octanol–water partition coefficient (Wildman–Crippen LogP) is 6.16. The number of hydrogen-bond acceptors (Lipinski definition) is 2. The number of fused-ring (bicyclic) bond motifs is 2. The van der Waals surface area contributed by atoms with Gasteiger partial charge < -0.3 is 4.74 Å². The van der Waals surface area contributed by atoms with Crippen LogP contribution in [-0.4, -0.2) is 23.1 Å². The van der Waals surface area contributed by atoms with E-state index in [2.05, 4.69) is 44.2 Å². The molecule has 0 N–H and O–H groups in total. The molecule has 1 saturated heterocycles. The van der Waals surface area contributed by atoms with Crippen molar-refractivity contribution >= 4 is 11.7 Å². The van der Waals surface area contributed by atoms with Gasteiger partial charge in [0.05, 0.1) is 6.04 Å². The summed E-state index contributed by atoms with van der Waals surface area (Å²) in [5.41, 5.74) is 5.06. The quantitative estimate of drug-likeness (QED) is 0.641. The summed E-state index contributed by atoms with van der Waals surface area (Å²) >= 11 is 0. The zero-order chi connectivity index (χ0) is 19.5. The molecule has 2 unspecified atom stereocenters. The van der Waals surface area contributed by atoms with Gasteiger partial charge in [-0.3, -0.25) is 4.90 Å². The Labute approximate surface area is 168 Å². The second kappa shape index (κ2) is 8.22. The van der Waals surface area contributed by atoms with Gasteiger partial charge in [-0.15, -0.1) is 0 Å². The fourth-order valence-electron chi connectivity index (χ4n) is 4.40. The monoisotopic (exact) mass is 375 g/mol. The lowest BCUT2D eigenvalue weighted by Gasteiger charge is -2.44. The smallest absolute Gasteiger partial charge is 0.410 e. The first kappa shape index (κ1) is 18.8. The summed E-state index contributed by atoms with van der Waals surface area (Å²) in [5.74, 6) is 0.545. The van der Waals surface area contributed by atoms with Gasteiger partial charge in [-0.2, -0.15) is 0 Å². The Balaban J connectivity index is 1.48. The Morgan fingerprint density at radius 1 is 1.07 bits per heavy atom. The molecule has 2 aliphatic rings. The Hall–Kier alpha value is -2.55. The lowest BCUT2D eigenvalue weighted by atomic mass is 9.83. The van der Waals surface area contributed by atoms with Gasteiger partial charge >= 0.3 is 6.09 Å². The number of ether oxygens (including phenoxy) is 1. The van der Waals surface area contributed by atoms with Crippen LogP contribution in [0.5, 0.6) is 0 Å².